The van der Waals surface area contributed by atoms with Crippen LogP contribution in [0, 0.1) is 31.3 Å². The third-order valence-corrected chi connectivity index (χ3v) is 5.03. The Kier molecular flexibility index (Phi) is 6.37. The summed E-state index contributed by atoms with van der Waals surface area (Å²) in [5, 5.41) is 0. The Bertz CT molecular complexity index is 1170. The molecular weight excluding hydrogens is 413 g/mol. The van der Waals surface area contributed by atoms with Crippen LogP contribution >= 0.6 is 12.4 Å². The molecule has 4 aromatic rings. The van der Waals surface area contributed by atoms with Gasteiger partial charge >= 0.3 is 0 Å². The number of ether oxygens (including phenoxy) is 1. The van der Waals surface area contributed by atoms with Gasteiger partial charge in [-0.05, 0) is 54.8 Å². The highest BCUT2D eigenvalue weighted by atomic mass is 35.5. The molecule has 0 atom stereocenters. The first-order valence-electron chi connectivity index (χ1n) is 9.19. The van der Waals surface area contributed by atoms with Crippen LogP contribution in [0.2, 0.25) is 0 Å². The monoisotopic (exact) mass is 432 g/mol. The lowest BCUT2D eigenvalue weighted by Crippen LogP contribution is -2.04. The van der Waals surface area contributed by atoms with Crippen molar-refractivity contribution < 1.29 is 17.9 Å². The smallest absolute Gasteiger partial charge is 0.147 e. The van der Waals surface area contributed by atoms with E-state index in [9.17, 15) is 13.2 Å². The van der Waals surface area contributed by atoms with Crippen LogP contribution in [-0.2, 0) is 13.2 Å². The van der Waals surface area contributed by atoms with Crippen molar-refractivity contribution in [3.63, 3.8) is 0 Å². The second-order valence-corrected chi connectivity index (χ2v) is 7.00. The van der Waals surface area contributed by atoms with Crippen molar-refractivity contribution in [2.45, 2.75) is 27.0 Å². The first kappa shape index (κ1) is 21.7. The zero-order valence-electron chi connectivity index (χ0n) is 16.5. The minimum atomic E-state index is -0.644. The number of nitrogens with zero attached hydrogens (tertiary/aromatic N) is 2. The number of rotatable bonds is 5. The molecule has 0 bridgehead atoms. The predicted molar refractivity (Wildman–Crippen MR) is 113 cm³/mol. The normalized spacial score (nSPS) is 10.8. The molecule has 2 aromatic carbocycles. The number of fused-ring (bicyclic) bond motifs is 1. The highest BCUT2D eigenvalue weighted by molar-refractivity contribution is 5.86. The average Bonchev–Trinajstić information content (AvgIpc) is 2.93. The van der Waals surface area contributed by atoms with E-state index in [2.05, 4.69) is 9.55 Å². The van der Waals surface area contributed by atoms with Gasteiger partial charge in [0.15, 0.2) is 0 Å². The number of halogens is 4. The van der Waals surface area contributed by atoms with E-state index >= 15 is 0 Å². The molecule has 30 heavy (non-hydrogen) atoms. The van der Waals surface area contributed by atoms with Crippen molar-refractivity contribution in [2.75, 3.05) is 0 Å². The first-order chi connectivity index (χ1) is 13.9. The number of hydrogen-bond acceptors (Lipinski definition) is 2. The quantitative estimate of drug-likeness (QED) is 0.380. The van der Waals surface area contributed by atoms with Crippen LogP contribution in [0.5, 0.6) is 5.75 Å². The number of aromatic nitrogens is 2. The van der Waals surface area contributed by atoms with Crippen LogP contribution in [0.15, 0.2) is 54.7 Å². The second-order valence-electron chi connectivity index (χ2n) is 7.00. The van der Waals surface area contributed by atoms with Crippen LogP contribution in [0.4, 0.5) is 13.2 Å². The summed E-state index contributed by atoms with van der Waals surface area (Å²) in [7, 11) is 0. The van der Waals surface area contributed by atoms with E-state index in [0.717, 1.165) is 33.9 Å². The molecule has 0 aliphatic heterocycles. The molecular formula is C23H20ClF3N2O. The fraction of sp³-hybridized carbons (Fsp3) is 0.174. The molecule has 0 N–H and O–H groups in total. The highest BCUT2D eigenvalue weighted by Gasteiger charge is 2.17. The largest absolute Gasteiger partial charge is 0.487 e. The van der Waals surface area contributed by atoms with Gasteiger partial charge < -0.3 is 9.30 Å². The lowest BCUT2D eigenvalue weighted by atomic mass is 10.2. The molecule has 0 radical (unpaired) electrons. The molecule has 4 rings (SSSR count). The van der Waals surface area contributed by atoms with E-state index in [-0.39, 0.29) is 24.8 Å². The fourth-order valence-electron chi connectivity index (χ4n) is 3.45. The Morgan fingerprint density at radius 2 is 1.53 bits per heavy atom. The van der Waals surface area contributed by atoms with Crippen molar-refractivity contribution in [1.29, 1.82) is 0 Å². The molecule has 2 aromatic heterocycles. The van der Waals surface area contributed by atoms with Crippen LogP contribution in [0.1, 0.15) is 22.4 Å². The maximum Gasteiger partial charge on any atom is 0.147 e. The van der Waals surface area contributed by atoms with Crippen molar-refractivity contribution in [3.8, 4) is 5.75 Å². The van der Waals surface area contributed by atoms with E-state index in [4.69, 9.17) is 4.74 Å². The molecule has 0 aliphatic rings. The molecule has 0 unspecified atom stereocenters. The Balaban J connectivity index is 0.00000256. The van der Waals surface area contributed by atoms with Gasteiger partial charge in [0.25, 0.3) is 0 Å². The Hall–Kier alpha value is -2.99. The van der Waals surface area contributed by atoms with E-state index in [0.29, 0.717) is 17.9 Å². The summed E-state index contributed by atoms with van der Waals surface area (Å²) < 4.78 is 48.2. The summed E-state index contributed by atoms with van der Waals surface area (Å²) in [6, 6.07) is 11.4. The highest BCUT2D eigenvalue weighted by Crippen LogP contribution is 2.32. The van der Waals surface area contributed by atoms with Gasteiger partial charge in [0.05, 0.1) is 5.52 Å². The van der Waals surface area contributed by atoms with E-state index in [1.807, 2.05) is 13.8 Å². The number of hydrogen-bond donors (Lipinski definition) is 0. The van der Waals surface area contributed by atoms with Gasteiger partial charge in [0, 0.05) is 30.6 Å². The SMILES string of the molecule is Cc1c(C)n(Cc2ccc(F)cc2)c2c(OCc3cc(F)cc(F)c3)ccnc12.Cl. The zero-order valence-corrected chi connectivity index (χ0v) is 17.3. The van der Waals surface area contributed by atoms with Crippen LogP contribution < -0.4 is 4.74 Å². The summed E-state index contributed by atoms with van der Waals surface area (Å²) in [5.74, 6) is -1.00. The molecule has 0 spiro atoms. The Morgan fingerprint density at radius 1 is 0.867 bits per heavy atom. The lowest BCUT2D eigenvalue weighted by molar-refractivity contribution is 0.307. The molecule has 2 heterocycles. The summed E-state index contributed by atoms with van der Waals surface area (Å²) in [4.78, 5) is 4.48. The van der Waals surface area contributed by atoms with Gasteiger partial charge in [-0.2, -0.15) is 0 Å². The Labute approximate surface area is 178 Å². The van der Waals surface area contributed by atoms with Gasteiger partial charge in [-0.3, -0.25) is 4.98 Å². The van der Waals surface area contributed by atoms with Crippen molar-refractivity contribution in [1.82, 2.24) is 9.55 Å². The molecule has 0 amide bonds. The molecule has 0 saturated carbocycles. The molecule has 7 heteroatoms. The molecule has 0 saturated heterocycles. The van der Waals surface area contributed by atoms with E-state index in [1.54, 1.807) is 24.4 Å². The van der Waals surface area contributed by atoms with Gasteiger partial charge in [-0.25, -0.2) is 13.2 Å². The van der Waals surface area contributed by atoms with Crippen LogP contribution in [0.25, 0.3) is 11.0 Å². The standard InChI is InChI=1S/C23H19F3N2O.ClH/c1-14-15(2)28(12-16-3-5-18(24)6-4-16)23-21(7-8-27-22(14)23)29-13-17-9-19(25)11-20(26)10-17;/h3-11H,12-13H2,1-2H3;1H. The molecule has 156 valence electrons. The minimum Gasteiger partial charge on any atom is -0.487 e. The minimum absolute atomic E-state index is 0. The van der Waals surface area contributed by atoms with Crippen molar-refractivity contribution >= 4 is 23.4 Å². The van der Waals surface area contributed by atoms with Gasteiger partial charge in [-0.15, -0.1) is 12.4 Å². The maximum absolute atomic E-state index is 13.5. The van der Waals surface area contributed by atoms with E-state index < -0.39 is 11.6 Å². The van der Waals surface area contributed by atoms with Crippen LogP contribution in [-0.4, -0.2) is 9.55 Å². The summed E-state index contributed by atoms with van der Waals surface area (Å²) >= 11 is 0. The fourth-order valence-corrected chi connectivity index (χ4v) is 3.45. The lowest BCUT2D eigenvalue weighted by Gasteiger charge is -2.13. The van der Waals surface area contributed by atoms with Crippen molar-refractivity contribution in [3.05, 3.63) is 94.6 Å². The first-order valence-corrected chi connectivity index (χ1v) is 9.19. The molecule has 0 fully saturated rings. The number of benzene rings is 2. The van der Waals surface area contributed by atoms with Gasteiger partial charge in [-0.1, -0.05) is 12.1 Å². The third-order valence-electron chi connectivity index (χ3n) is 5.03. The average molecular weight is 433 g/mol. The zero-order chi connectivity index (χ0) is 20.5. The topological polar surface area (TPSA) is 27.1 Å². The molecule has 0 aliphatic carbocycles. The van der Waals surface area contributed by atoms with E-state index in [1.165, 1.54) is 24.3 Å². The van der Waals surface area contributed by atoms with Gasteiger partial charge in [0.2, 0.25) is 0 Å². The van der Waals surface area contributed by atoms with Gasteiger partial charge in [0.1, 0.15) is 35.3 Å². The second kappa shape index (κ2) is 8.79. The summed E-state index contributed by atoms with van der Waals surface area (Å²) in [6.45, 7) is 4.52. The summed E-state index contributed by atoms with van der Waals surface area (Å²) in [5.41, 5.74) is 4.97. The van der Waals surface area contributed by atoms with Crippen molar-refractivity contribution in [2.24, 2.45) is 0 Å². The Morgan fingerprint density at radius 3 is 2.20 bits per heavy atom. The third kappa shape index (κ3) is 4.28. The molecule has 3 nitrogen and oxygen atoms in total. The maximum atomic E-state index is 13.5. The predicted octanol–water partition coefficient (Wildman–Crippen LogP) is 6.12. The number of pyridine rings is 1. The van der Waals surface area contributed by atoms with Crippen LogP contribution in [0.3, 0.4) is 0 Å². The summed E-state index contributed by atoms with van der Waals surface area (Å²) in [6.07, 6.45) is 1.65. The number of aryl methyl sites for hydroxylation is 1.